The molecule has 0 unspecified atom stereocenters. The molecule has 1 nitrogen and oxygen atoms in total. The third-order valence-electron chi connectivity index (χ3n) is 12.4. The second kappa shape index (κ2) is 12.1. The Morgan fingerprint density at radius 1 is 0.328 bits per heavy atom. The first-order chi connectivity index (χ1) is 28.8. The third kappa shape index (κ3) is 4.52. The maximum atomic E-state index is 6.82. The van der Waals surface area contributed by atoms with Crippen molar-refractivity contribution in [2.45, 2.75) is 0 Å². The van der Waals surface area contributed by atoms with Gasteiger partial charge in [0.2, 0.25) is 0 Å². The maximum Gasteiger partial charge on any atom is 0.143 e. The lowest BCUT2D eigenvalue weighted by molar-refractivity contribution is 0.673. The first-order valence-electron chi connectivity index (χ1n) is 19.9. The van der Waals surface area contributed by atoms with Gasteiger partial charge >= 0.3 is 0 Å². The zero-order valence-corrected chi connectivity index (χ0v) is 32.1. The van der Waals surface area contributed by atoms with Gasteiger partial charge in [0, 0.05) is 36.3 Å². The molecule has 11 aromatic carbocycles. The highest BCUT2D eigenvalue weighted by molar-refractivity contribution is 7.27. The Kier molecular flexibility index (Phi) is 6.66. The number of benzene rings is 11. The van der Waals surface area contributed by atoms with Gasteiger partial charge in [-0.3, -0.25) is 0 Å². The molecule has 2 heterocycles. The van der Waals surface area contributed by atoms with Gasteiger partial charge in [0.1, 0.15) is 11.2 Å². The molecule has 58 heavy (non-hydrogen) atoms. The summed E-state index contributed by atoms with van der Waals surface area (Å²) < 4.78 is 9.39. The summed E-state index contributed by atoms with van der Waals surface area (Å²) in [4.78, 5) is 0. The molecule has 0 aliphatic carbocycles. The highest BCUT2D eigenvalue weighted by Crippen LogP contribution is 2.49. The van der Waals surface area contributed by atoms with Crippen LogP contribution in [0.4, 0.5) is 0 Å². The molecular formula is C56H32OS. The number of hydrogen-bond donors (Lipinski definition) is 0. The minimum Gasteiger partial charge on any atom is -0.455 e. The van der Waals surface area contributed by atoms with Crippen molar-refractivity contribution in [3.05, 3.63) is 194 Å². The van der Waals surface area contributed by atoms with E-state index in [0.29, 0.717) is 0 Å². The smallest absolute Gasteiger partial charge is 0.143 e. The summed E-state index contributed by atoms with van der Waals surface area (Å²) in [5, 5.41) is 17.3. The molecule has 0 bridgehead atoms. The molecule has 0 atom stereocenters. The molecule has 268 valence electrons. The van der Waals surface area contributed by atoms with Gasteiger partial charge in [-0.1, -0.05) is 164 Å². The standard InChI is InChI=1S/C56H32OS/c1-3-15-39-33(12-1)14-11-22-41(39)52-44-19-7-5-17-42(44)51(43-18-6-8-20-45(43)52)38-27-25-35-30-37(26-24-36(35)31-38)48-32-49-54(56-53(48)46-21-9-10-23-50(46)58-56)47-29-28-34-13-2-4-16-40(34)55(47)57-49/h1-32H. The molecule has 2 heteroatoms. The van der Waals surface area contributed by atoms with Gasteiger partial charge in [-0.05, 0) is 112 Å². The van der Waals surface area contributed by atoms with Gasteiger partial charge in [-0.15, -0.1) is 11.3 Å². The van der Waals surface area contributed by atoms with Gasteiger partial charge in [0.25, 0.3) is 0 Å². The van der Waals surface area contributed by atoms with Crippen LogP contribution in [0.1, 0.15) is 0 Å². The zero-order chi connectivity index (χ0) is 37.9. The molecule has 0 saturated heterocycles. The van der Waals surface area contributed by atoms with E-state index in [1.807, 2.05) is 11.3 Å². The van der Waals surface area contributed by atoms with E-state index in [1.54, 1.807) is 0 Å². The predicted molar refractivity (Wildman–Crippen MR) is 250 cm³/mol. The van der Waals surface area contributed by atoms with Gasteiger partial charge in [-0.25, -0.2) is 0 Å². The van der Waals surface area contributed by atoms with Crippen molar-refractivity contribution in [1.82, 2.24) is 0 Å². The molecular weight excluding hydrogens is 721 g/mol. The van der Waals surface area contributed by atoms with E-state index < -0.39 is 0 Å². The van der Waals surface area contributed by atoms with Crippen LogP contribution < -0.4 is 0 Å². The fourth-order valence-electron chi connectivity index (χ4n) is 9.84. The van der Waals surface area contributed by atoms with Crippen LogP contribution >= 0.6 is 11.3 Å². The highest BCUT2D eigenvalue weighted by Gasteiger charge is 2.21. The van der Waals surface area contributed by atoms with Crippen LogP contribution in [-0.2, 0) is 0 Å². The minimum absolute atomic E-state index is 0.932. The molecule has 13 rings (SSSR count). The maximum absolute atomic E-state index is 6.82. The lowest BCUT2D eigenvalue weighted by Gasteiger charge is -2.19. The molecule has 0 spiro atoms. The lowest BCUT2D eigenvalue weighted by atomic mass is 9.84. The summed E-state index contributed by atoms with van der Waals surface area (Å²) in [6.07, 6.45) is 0. The monoisotopic (exact) mass is 752 g/mol. The van der Waals surface area contributed by atoms with Crippen molar-refractivity contribution < 1.29 is 4.42 Å². The van der Waals surface area contributed by atoms with E-state index in [0.717, 1.165) is 16.6 Å². The summed E-state index contributed by atoms with van der Waals surface area (Å²) >= 11 is 1.87. The highest BCUT2D eigenvalue weighted by atomic mass is 32.1. The number of thiophene rings is 1. The second-order valence-corrected chi connectivity index (χ2v) is 16.6. The first-order valence-corrected chi connectivity index (χ1v) is 20.7. The molecule has 2 aromatic heterocycles. The first kappa shape index (κ1) is 31.9. The van der Waals surface area contributed by atoms with Gasteiger partial charge in [-0.2, -0.15) is 0 Å². The van der Waals surface area contributed by atoms with E-state index in [4.69, 9.17) is 4.42 Å². The van der Waals surface area contributed by atoms with Crippen LogP contribution in [0, 0.1) is 0 Å². The Balaban J connectivity index is 1.02. The normalized spacial score (nSPS) is 12.1. The van der Waals surface area contributed by atoms with Crippen LogP contribution in [0.25, 0.3) is 129 Å². The van der Waals surface area contributed by atoms with Gasteiger partial charge in [0.05, 0.1) is 0 Å². The Hall–Kier alpha value is -7.26. The van der Waals surface area contributed by atoms with Gasteiger partial charge in [0.15, 0.2) is 0 Å². The second-order valence-electron chi connectivity index (χ2n) is 15.5. The van der Waals surface area contributed by atoms with Crippen LogP contribution in [-0.4, -0.2) is 0 Å². The molecule has 0 N–H and O–H groups in total. The molecule has 0 aliphatic rings. The van der Waals surface area contributed by atoms with Crippen molar-refractivity contribution >= 4 is 107 Å². The van der Waals surface area contributed by atoms with Crippen molar-refractivity contribution in [1.29, 1.82) is 0 Å². The number of fused-ring (bicyclic) bond motifs is 13. The molecule has 0 saturated carbocycles. The summed E-state index contributed by atoms with van der Waals surface area (Å²) in [6, 6.07) is 71.4. The quantitative estimate of drug-likeness (QED) is 0.164. The summed E-state index contributed by atoms with van der Waals surface area (Å²) in [6.45, 7) is 0. The van der Waals surface area contributed by atoms with E-state index in [-0.39, 0.29) is 0 Å². The summed E-state index contributed by atoms with van der Waals surface area (Å²) in [7, 11) is 0. The van der Waals surface area contributed by atoms with Crippen molar-refractivity contribution in [2.24, 2.45) is 0 Å². The molecule has 13 aromatic rings. The van der Waals surface area contributed by atoms with Crippen LogP contribution in [0.2, 0.25) is 0 Å². The Bertz CT molecular complexity index is 3800. The molecule has 0 fully saturated rings. The van der Waals surface area contributed by atoms with Crippen LogP contribution in [0.5, 0.6) is 0 Å². The largest absolute Gasteiger partial charge is 0.455 e. The van der Waals surface area contributed by atoms with E-state index in [2.05, 4.69) is 194 Å². The summed E-state index contributed by atoms with van der Waals surface area (Å²) in [5.41, 5.74) is 9.34. The minimum atomic E-state index is 0.932. The Labute approximate surface area is 337 Å². The van der Waals surface area contributed by atoms with Crippen molar-refractivity contribution in [3.8, 4) is 33.4 Å². The fourth-order valence-corrected chi connectivity index (χ4v) is 11.1. The van der Waals surface area contributed by atoms with Crippen molar-refractivity contribution in [2.75, 3.05) is 0 Å². The Morgan fingerprint density at radius 3 is 1.62 bits per heavy atom. The topological polar surface area (TPSA) is 13.1 Å². The number of hydrogen-bond acceptors (Lipinski definition) is 2. The van der Waals surface area contributed by atoms with E-state index in [1.165, 1.54) is 113 Å². The van der Waals surface area contributed by atoms with Crippen LogP contribution in [0.3, 0.4) is 0 Å². The fraction of sp³-hybridized carbons (Fsp3) is 0. The van der Waals surface area contributed by atoms with E-state index in [9.17, 15) is 0 Å². The molecule has 0 radical (unpaired) electrons. The zero-order valence-electron chi connectivity index (χ0n) is 31.3. The number of furan rings is 1. The average molecular weight is 753 g/mol. The van der Waals surface area contributed by atoms with Crippen molar-refractivity contribution in [3.63, 3.8) is 0 Å². The van der Waals surface area contributed by atoms with E-state index >= 15 is 0 Å². The molecule has 0 amide bonds. The average Bonchev–Trinajstić information content (AvgIpc) is 3.86. The van der Waals surface area contributed by atoms with Crippen LogP contribution in [0.15, 0.2) is 199 Å². The third-order valence-corrected chi connectivity index (χ3v) is 13.6. The predicted octanol–water partition coefficient (Wildman–Crippen LogP) is 16.7. The number of rotatable bonds is 3. The Morgan fingerprint density at radius 2 is 0.879 bits per heavy atom. The SMILES string of the molecule is c1ccc2c(-c3c4ccccc4c(-c4ccc5cc(-c6cc7oc8c9ccccc9ccc8c7c7sc8ccccc8c67)ccc5c4)c4ccccc34)cccc2c1. The molecule has 0 aliphatic heterocycles. The van der Waals surface area contributed by atoms with Gasteiger partial charge < -0.3 is 4.42 Å². The lowest BCUT2D eigenvalue weighted by Crippen LogP contribution is -1.91. The summed E-state index contributed by atoms with van der Waals surface area (Å²) in [5.74, 6) is 0.